The number of nitrogens with one attached hydrogen (secondary N) is 1. The van der Waals surface area contributed by atoms with Crippen LogP contribution in [0.5, 0.6) is 0 Å². The van der Waals surface area contributed by atoms with Crippen molar-refractivity contribution in [3.63, 3.8) is 0 Å². The van der Waals surface area contributed by atoms with Crippen LogP contribution in [0.1, 0.15) is 18.1 Å². The molecule has 0 bridgehead atoms. The minimum absolute atomic E-state index is 0.0275. The van der Waals surface area contributed by atoms with Gasteiger partial charge >= 0.3 is 0 Å². The Labute approximate surface area is 225 Å². The van der Waals surface area contributed by atoms with E-state index in [1.807, 2.05) is 30.3 Å². The second-order valence-corrected chi connectivity index (χ2v) is 9.91. The van der Waals surface area contributed by atoms with Gasteiger partial charge in [-0.25, -0.2) is 4.39 Å². The van der Waals surface area contributed by atoms with E-state index in [1.165, 1.54) is 19.1 Å². The normalized spacial score (nSPS) is 37.1. The number of rotatable bonds is 10. The van der Waals surface area contributed by atoms with Gasteiger partial charge < -0.3 is 54.9 Å². The zero-order chi connectivity index (χ0) is 28.2. The Bertz CT molecular complexity index is 1030. The van der Waals surface area contributed by atoms with E-state index in [1.54, 1.807) is 12.1 Å². The van der Waals surface area contributed by atoms with E-state index in [0.29, 0.717) is 5.56 Å². The molecule has 10 atom stereocenters. The molecule has 0 aliphatic carbocycles. The van der Waals surface area contributed by atoms with Gasteiger partial charge in [0.25, 0.3) is 0 Å². The fourth-order valence-electron chi connectivity index (χ4n) is 4.87. The maximum absolute atomic E-state index is 13.3. The summed E-state index contributed by atoms with van der Waals surface area (Å²) in [6.45, 7) is 0.329. The first-order valence-corrected chi connectivity index (χ1v) is 12.7. The SMILES string of the molecule is CC1(OC2OC(CO)C(O)C(O)C2NCc2ccc(F)cc2)OC(CO)C(O)C(O)C1OCc1ccccc1. The topological polar surface area (TPSA) is 170 Å². The summed E-state index contributed by atoms with van der Waals surface area (Å²) in [6, 6.07) is 13.6. The van der Waals surface area contributed by atoms with E-state index in [0.717, 1.165) is 5.56 Å². The monoisotopic (exact) mass is 553 g/mol. The van der Waals surface area contributed by atoms with Gasteiger partial charge in [-0.15, -0.1) is 0 Å². The first kappa shape index (κ1) is 29.9. The van der Waals surface area contributed by atoms with Gasteiger partial charge in [0.2, 0.25) is 0 Å². The lowest BCUT2D eigenvalue weighted by Crippen LogP contribution is -2.70. The Morgan fingerprint density at radius 3 is 2.13 bits per heavy atom. The third kappa shape index (κ3) is 6.81. The van der Waals surface area contributed by atoms with Crippen molar-refractivity contribution < 1.29 is 54.0 Å². The van der Waals surface area contributed by atoms with Crippen LogP contribution in [0.15, 0.2) is 54.6 Å². The number of halogens is 1. The van der Waals surface area contributed by atoms with E-state index in [2.05, 4.69) is 5.32 Å². The van der Waals surface area contributed by atoms with E-state index in [4.69, 9.17) is 18.9 Å². The Kier molecular flexibility index (Phi) is 10.0. The molecule has 2 aliphatic heterocycles. The van der Waals surface area contributed by atoms with Crippen molar-refractivity contribution >= 4 is 0 Å². The first-order chi connectivity index (χ1) is 18.7. The number of aliphatic hydroxyl groups is 6. The van der Waals surface area contributed by atoms with Gasteiger partial charge in [0.05, 0.1) is 25.9 Å². The molecule has 2 aliphatic rings. The molecule has 0 aromatic heterocycles. The first-order valence-electron chi connectivity index (χ1n) is 12.7. The van der Waals surface area contributed by atoms with Gasteiger partial charge in [-0.05, 0) is 30.2 Å². The summed E-state index contributed by atoms with van der Waals surface area (Å²) in [7, 11) is 0. The summed E-state index contributed by atoms with van der Waals surface area (Å²) in [5.41, 5.74) is 1.45. The Morgan fingerprint density at radius 1 is 0.846 bits per heavy atom. The zero-order valence-electron chi connectivity index (χ0n) is 21.4. The molecule has 11 nitrogen and oxygen atoms in total. The molecule has 0 radical (unpaired) electrons. The number of aliphatic hydroxyl groups excluding tert-OH is 6. The van der Waals surface area contributed by atoms with E-state index in [9.17, 15) is 35.0 Å². The molecular formula is C27H36FNO10. The van der Waals surface area contributed by atoms with Gasteiger partial charge in [0.15, 0.2) is 12.1 Å². The average Bonchev–Trinajstić information content (AvgIpc) is 2.94. The molecule has 2 aromatic carbocycles. The molecule has 39 heavy (non-hydrogen) atoms. The number of ether oxygens (including phenoxy) is 4. The van der Waals surface area contributed by atoms with Crippen LogP contribution >= 0.6 is 0 Å². The maximum Gasteiger partial charge on any atom is 0.197 e. The molecule has 0 amide bonds. The van der Waals surface area contributed by atoms with Crippen LogP contribution in [0.3, 0.4) is 0 Å². The molecule has 12 heteroatoms. The molecule has 4 rings (SSSR count). The van der Waals surface area contributed by atoms with Crippen molar-refractivity contribution in [2.75, 3.05) is 13.2 Å². The second-order valence-electron chi connectivity index (χ2n) is 9.91. The molecule has 2 saturated heterocycles. The average molecular weight is 554 g/mol. The standard InChI is InChI=1S/C27H36FNO10/c1-27(25(24(35)22(33)19(13-31)38-27)36-14-16-5-3-2-4-6-16)39-26-20(23(34)21(32)18(12-30)37-26)29-11-15-7-9-17(28)10-8-15/h2-10,18-26,29-35H,11-14H2,1H3. The van der Waals surface area contributed by atoms with Crippen LogP contribution < -0.4 is 5.32 Å². The number of benzene rings is 2. The second kappa shape index (κ2) is 13.1. The number of hydrogen-bond acceptors (Lipinski definition) is 11. The molecule has 2 heterocycles. The number of hydrogen-bond donors (Lipinski definition) is 7. The molecule has 2 aromatic rings. The Hall–Kier alpha value is -2.07. The Morgan fingerprint density at radius 2 is 1.49 bits per heavy atom. The molecule has 7 N–H and O–H groups in total. The molecule has 216 valence electrons. The summed E-state index contributed by atoms with van der Waals surface area (Å²) < 4.78 is 37.2. The molecule has 2 fully saturated rings. The Balaban J connectivity index is 1.59. The molecular weight excluding hydrogens is 517 g/mol. The smallest absolute Gasteiger partial charge is 0.197 e. The van der Waals surface area contributed by atoms with E-state index >= 15 is 0 Å². The van der Waals surface area contributed by atoms with Crippen molar-refractivity contribution in [2.24, 2.45) is 0 Å². The third-order valence-corrected chi connectivity index (χ3v) is 7.08. The van der Waals surface area contributed by atoms with Crippen LogP contribution in [-0.2, 0) is 32.1 Å². The van der Waals surface area contributed by atoms with E-state index in [-0.39, 0.29) is 13.2 Å². The highest BCUT2D eigenvalue weighted by Crippen LogP contribution is 2.37. The molecule has 10 unspecified atom stereocenters. The summed E-state index contributed by atoms with van der Waals surface area (Å²) >= 11 is 0. The fraction of sp³-hybridized carbons (Fsp3) is 0.556. The predicted octanol–water partition coefficient (Wildman–Crippen LogP) is -0.846. The van der Waals surface area contributed by atoms with Gasteiger partial charge in [-0.1, -0.05) is 42.5 Å². The van der Waals surface area contributed by atoms with Crippen molar-refractivity contribution in [1.82, 2.24) is 5.32 Å². The van der Waals surface area contributed by atoms with Crippen molar-refractivity contribution in [2.45, 2.75) is 80.9 Å². The maximum atomic E-state index is 13.3. The lowest BCUT2D eigenvalue weighted by atomic mass is 9.92. The van der Waals surface area contributed by atoms with Crippen LogP contribution in [-0.4, -0.2) is 105 Å². The quantitative estimate of drug-likeness (QED) is 0.196. The van der Waals surface area contributed by atoms with Gasteiger partial charge in [0.1, 0.15) is 48.5 Å². The summed E-state index contributed by atoms with van der Waals surface area (Å²) in [4.78, 5) is 0. The molecule has 0 spiro atoms. The predicted molar refractivity (Wildman–Crippen MR) is 133 cm³/mol. The zero-order valence-corrected chi connectivity index (χ0v) is 21.4. The van der Waals surface area contributed by atoms with Crippen molar-refractivity contribution in [1.29, 1.82) is 0 Å². The highest BCUT2D eigenvalue weighted by Gasteiger charge is 2.56. The summed E-state index contributed by atoms with van der Waals surface area (Å²) in [5.74, 6) is -2.24. The largest absolute Gasteiger partial charge is 0.394 e. The molecule has 0 saturated carbocycles. The lowest BCUT2D eigenvalue weighted by Gasteiger charge is -2.51. The minimum atomic E-state index is -1.83. The highest BCUT2D eigenvalue weighted by atomic mass is 19.1. The van der Waals surface area contributed by atoms with Crippen molar-refractivity contribution in [3.8, 4) is 0 Å². The highest BCUT2D eigenvalue weighted by molar-refractivity contribution is 5.16. The van der Waals surface area contributed by atoms with Crippen LogP contribution in [0.4, 0.5) is 4.39 Å². The van der Waals surface area contributed by atoms with Crippen LogP contribution in [0, 0.1) is 5.82 Å². The van der Waals surface area contributed by atoms with Gasteiger partial charge in [0, 0.05) is 6.54 Å². The fourth-order valence-corrected chi connectivity index (χ4v) is 4.87. The van der Waals surface area contributed by atoms with E-state index < -0.39 is 79.9 Å². The third-order valence-electron chi connectivity index (χ3n) is 7.08. The summed E-state index contributed by atoms with van der Waals surface area (Å²) in [5, 5.41) is 65.5. The lowest BCUT2D eigenvalue weighted by molar-refractivity contribution is -0.413. The van der Waals surface area contributed by atoms with Gasteiger partial charge in [-0.3, -0.25) is 0 Å². The minimum Gasteiger partial charge on any atom is -0.394 e. The van der Waals surface area contributed by atoms with Crippen molar-refractivity contribution in [3.05, 3.63) is 71.5 Å². The van der Waals surface area contributed by atoms with Crippen LogP contribution in [0.25, 0.3) is 0 Å². The van der Waals surface area contributed by atoms with Gasteiger partial charge in [-0.2, -0.15) is 0 Å². The summed E-state index contributed by atoms with van der Waals surface area (Å²) in [6.07, 6.45) is -11.1. The van der Waals surface area contributed by atoms with Crippen LogP contribution in [0.2, 0.25) is 0 Å².